The van der Waals surface area contributed by atoms with E-state index in [4.69, 9.17) is 9.47 Å². The normalized spacial score (nSPS) is 11.7. The predicted octanol–water partition coefficient (Wildman–Crippen LogP) is 2.43. The fraction of sp³-hybridized carbons (Fsp3) is 0.211. The molecule has 0 amide bonds. The Hall–Kier alpha value is -3.40. The number of aromatic nitrogens is 4. The molecule has 0 aliphatic carbocycles. The summed E-state index contributed by atoms with van der Waals surface area (Å²) in [4.78, 5) is 4.60. The monoisotopic (exact) mass is 413 g/mol. The molecule has 150 valence electrons. The van der Waals surface area contributed by atoms with E-state index in [1.165, 1.54) is 33.4 Å². The topological polar surface area (TPSA) is 98.9 Å². The molecule has 0 saturated carbocycles. The Bertz CT molecular complexity index is 1330. The van der Waals surface area contributed by atoms with Crippen molar-refractivity contribution in [3.63, 3.8) is 0 Å². The van der Waals surface area contributed by atoms with Gasteiger partial charge in [0.2, 0.25) is 5.65 Å². The van der Waals surface area contributed by atoms with Crippen LogP contribution in [0.15, 0.2) is 47.4 Å². The number of methoxy groups -OCH3 is 2. The van der Waals surface area contributed by atoms with E-state index in [-0.39, 0.29) is 10.7 Å². The number of para-hydroxylation sites is 2. The summed E-state index contributed by atoms with van der Waals surface area (Å²) in [7, 11) is 0.429. The van der Waals surface area contributed by atoms with Crippen LogP contribution in [0.2, 0.25) is 0 Å². The number of hydrogen-bond acceptors (Lipinski definition) is 7. The summed E-state index contributed by atoms with van der Waals surface area (Å²) in [6.07, 6.45) is 0. The third-order valence-electron chi connectivity index (χ3n) is 4.69. The Morgan fingerprint density at radius 3 is 2.45 bits per heavy atom. The van der Waals surface area contributed by atoms with Crippen LogP contribution in [0.5, 0.6) is 11.5 Å². The molecule has 0 radical (unpaired) electrons. The number of fused-ring (bicyclic) bond motifs is 3. The zero-order chi connectivity index (χ0) is 20.8. The Morgan fingerprint density at radius 1 is 1.00 bits per heavy atom. The van der Waals surface area contributed by atoms with Gasteiger partial charge < -0.3 is 9.47 Å². The lowest BCUT2D eigenvalue weighted by atomic mass is 10.3. The summed E-state index contributed by atoms with van der Waals surface area (Å²) in [5.74, 6) is 1.57. The Balaban J connectivity index is 1.91. The first-order valence-electron chi connectivity index (χ1n) is 8.70. The molecule has 0 unspecified atom stereocenters. The maximum Gasteiger partial charge on any atom is 0.265 e. The summed E-state index contributed by atoms with van der Waals surface area (Å²) in [6, 6.07) is 11.8. The average molecular weight is 413 g/mol. The minimum Gasteiger partial charge on any atom is -0.493 e. The van der Waals surface area contributed by atoms with Crippen molar-refractivity contribution in [2.75, 3.05) is 25.6 Å². The van der Waals surface area contributed by atoms with Crippen LogP contribution < -0.4 is 13.8 Å². The summed E-state index contributed by atoms with van der Waals surface area (Å²) in [5, 5.41) is 8.27. The van der Waals surface area contributed by atoms with Crippen molar-refractivity contribution in [2.24, 2.45) is 0 Å². The molecule has 29 heavy (non-hydrogen) atoms. The molecular formula is C19H19N5O4S. The van der Waals surface area contributed by atoms with Crippen molar-refractivity contribution in [1.82, 2.24) is 19.6 Å². The van der Waals surface area contributed by atoms with Crippen LogP contribution in [-0.4, -0.2) is 49.3 Å². The Morgan fingerprint density at radius 2 is 1.72 bits per heavy atom. The molecular weight excluding hydrogens is 394 g/mol. The molecule has 0 N–H and O–H groups in total. The third kappa shape index (κ3) is 2.92. The lowest BCUT2D eigenvalue weighted by Gasteiger charge is -2.20. The first kappa shape index (κ1) is 18.9. The van der Waals surface area contributed by atoms with Crippen molar-refractivity contribution in [3.05, 3.63) is 48.3 Å². The van der Waals surface area contributed by atoms with Crippen LogP contribution in [0.4, 0.5) is 5.82 Å². The van der Waals surface area contributed by atoms with Gasteiger partial charge in [0.1, 0.15) is 5.82 Å². The van der Waals surface area contributed by atoms with Gasteiger partial charge in [-0.25, -0.2) is 17.7 Å². The second-order valence-electron chi connectivity index (χ2n) is 6.32. The van der Waals surface area contributed by atoms with Crippen LogP contribution in [0.1, 0.15) is 5.82 Å². The average Bonchev–Trinajstić information content (AvgIpc) is 3.14. The fourth-order valence-electron chi connectivity index (χ4n) is 3.17. The van der Waals surface area contributed by atoms with Gasteiger partial charge in [-0.15, -0.1) is 10.2 Å². The standard InChI is InChI=1S/C19H19N5O4S/c1-12-21-22-19-18(20-14-7-5-6-8-15(14)24(12)19)23(2)29(25,26)13-9-10-16(27-3)17(11-13)28-4/h5-11H,1-4H3. The molecule has 10 heteroatoms. The molecule has 0 spiro atoms. The number of aryl methyl sites for hydroxylation is 1. The highest BCUT2D eigenvalue weighted by atomic mass is 32.2. The summed E-state index contributed by atoms with van der Waals surface area (Å²) in [6.45, 7) is 1.80. The van der Waals surface area contributed by atoms with Gasteiger partial charge in [-0.3, -0.25) is 4.40 Å². The number of rotatable bonds is 5. The zero-order valence-corrected chi connectivity index (χ0v) is 17.1. The highest BCUT2D eigenvalue weighted by molar-refractivity contribution is 7.92. The van der Waals surface area contributed by atoms with Gasteiger partial charge in [-0.05, 0) is 31.2 Å². The van der Waals surface area contributed by atoms with E-state index >= 15 is 0 Å². The van der Waals surface area contributed by atoms with E-state index in [2.05, 4.69) is 15.2 Å². The summed E-state index contributed by atoms with van der Waals surface area (Å²) in [5.41, 5.74) is 1.78. The minimum atomic E-state index is -3.95. The van der Waals surface area contributed by atoms with Gasteiger partial charge >= 0.3 is 0 Å². The van der Waals surface area contributed by atoms with Crippen LogP contribution >= 0.6 is 0 Å². The van der Waals surface area contributed by atoms with Gasteiger partial charge in [0.25, 0.3) is 10.0 Å². The van der Waals surface area contributed by atoms with Crippen LogP contribution in [0, 0.1) is 6.92 Å². The summed E-state index contributed by atoms with van der Waals surface area (Å²) < 4.78 is 40.0. The predicted molar refractivity (Wildman–Crippen MR) is 108 cm³/mol. The first-order valence-corrected chi connectivity index (χ1v) is 10.1. The lowest BCUT2D eigenvalue weighted by molar-refractivity contribution is 0.354. The van der Waals surface area contributed by atoms with Gasteiger partial charge in [0, 0.05) is 13.1 Å². The van der Waals surface area contributed by atoms with Gasteiger partial charge in [-0.2, -0.15) is 0 Å². The molecule has 4 rings (SSSR count). The van der Waals surface area contributed by atoms with E-state index in [9.17, 15) is 8.42 Å². The molecule has 0 saturated heterocycles. The second kappa shape index (κ2) is 6.89. The molecule has 4 aromatic rings. The number of sulfonamides is 1. The number of nitrogens with zero attached hydrogens (tertiary/aromatic N) is 5. The van der Waals surface area contributed by atoms with Crippen molar-refractivity contribution in [3.8, 4) is 11.5 Å². The lowest BCUT2D eigenvalue weighted by Crippen LogP contribution is -2.28. The van der Waals surface area contributed by atoms with Crippen molar-refractivity contribution in [2.45, 2.75) is 11.8 Å². The molecule has 0 atom stereocenters. The number of anilines is 1. The Kier molecular flexibility index (Phi) is 4.50. The quantitative estimate of drug-likeness (QED) is 0.495. The SMILES string of the molecule is COc1ccc(S(=O)(=O)N(C)c2nc3ccccc3n3c(C)nnc23)cc1OC. The van der Waals surface area contributed by atoms with E-state index in [0.717, 1.165) is 9.82 Å². The first-order chi connectivity index (χ1) is 13.9. The highest BCUT2D eigenvalue weighted by Gasteiger charge is 2.27. The highest BCUT2D eigenvalue weighted by Crippen LogP contribution is 2.32. The Labute approximate surface area is 167 Å². The number of hydrogen-bond donors (Lipinski definition) is 0. The summed E-state index contributed by atoms with van der Waals surface area (Å²) >= 11 is 0. The maximum atomic E-state index is 13.3. The molecule has 0 aliphatic rings. The molecule has 9 nitrogen and oxygen atoms in total. The van der Waals surface area contributed by atoms with E-state index in [1.54, 1.807) is 17.4 Å². The molecule has 2 heterocycles. The smallest absolute Gasteiger partial charge is 0.265 e. The molecule has 0 bridgehead atoms. The number of benzene rings is 2. The van der Waals surface area contributed by atoms with E-state index in [1.807, 2.05) is 24.3 Å². The minimum absolute atomic E-state index is 0.0435. The van der Waals surface area contributed by atoms with Crippen molar-refractivity contribution < 1.29 is 17.9 Å². The largest absolute Gasteiger partial charge is 0.493 e. The van der Waals surface area contributed by atoms with Crippen LogP contribution in [-0.2, 0) is 10.0 Å². The van der Waals surface area contributed by atoms with E-state index < -0.39 is 10.0 Å². The second-order valence-corrected chi connectivity index (χ2v) is 8.29. The van der Waals surface area contributed by atoms with Crippen molar-refractivity contribution >= 4 is 32.5 Å². The third-order valence-corrected chi connectivity index (χ3v) is 6.43. The van der Waals surface area contributed by atoms with Gasteiger partial charge in [0.15, 0.2) is 17.3 Å². The van der Waals surface area contributed by atoms with Gasteiger partial charge in [-0.1, -0.05) is 12.1 Å². The molecule has 0 aliphatic heterocycles. The number of ether oxygens (including phenoxy) is 2. The van der Waals surface area contributed by atoms with Gasteiger partial charge in [0.05, 0.1) is 30.1 Å². The fourth-order valence-corrected chi connectivity index (χ4v) is 4.33. The zero-order valence-electron chi connectivity index (χ0n) is 16.3. The molecule has 2 aromatic heterocycles. The van der Waals surface area contributed by atoms with E-state index in [0.29, 0.717) is 28.5 Å². The van der Waals surface area contributed by atoms with Crippen LogP contribution in [0.25, 0.3) is 16.7 Å². The molecule has 2 aromatic carbocycles. The maximum absolute atomic E-state index is 13.3. The van der Waals surface area contributed by atoms with Crippen molar-refractivity contribution in [1.29, 1.82) is 0 Å². The molecule has 0 fully saturated rings. The van der Waals surface area contributed by atoms with Crippen LogP contribution in [0.3, 0.4) is 0 Å².